The Morgan fingerprint density at radius 1 is 1.25 bits per heavy atom. The van der Waals surface area contributed by atoms with Gasteiger partial charge in [-0.25, -0.2) is 4.39 Å². The number of carbonyl (C=O) groups is 1. The maximum atomic E-state index is 13.2. The van der Waals surface area contributed by atoms with E-state index >= 15 is 0 Å². The summed E-state index contributed by atoms with van der Waals surface area (Å²) in [5, 5.41) is 3.00. The minimum absolute atomic E-state index is 0.00172. The Morgan fingerprint density at radius 2 is 1.96 bits per heavy atom. The van der Waals surface area contributed by atoms with Crippen molar-refractivity contribution < 1.29 is 13.9 Å². The van der Waals surface area contributed by atoms with Gasteiger partial charge in [0.25, 0.3) is 5.91 Å². The Balaban J connectivity index is 1.71. The zero-order valence-corrected chi connectivity index (χ0v) is 15.4. The third kappa shape index (κ3) is 4.42. The Kier molecular flexibility index (Phi) is 5.99. The quantitative estimate of drug-likeness (QED) is 0.817. The highest BCUT2D eigenvalue weighted by atomic mass is 79.9. The molecular formula is C17H18BrFN2O2S. The van der Waals surface area contributed by atoms with Crippen LogP contribution in [0.1, 0.15) is 21.3 Å². The molecule has 1 aliphatic rings. The average Bonchev–Trinajstić information content (AvgIpc) is 3.04. The molecule has 0 bridgehead atoms. The molecule has 7 heteroatoms. The Morgan fingerprint density at radius 3 is 2.58 bits per heavy atom. The summed E-state index contributed by atoms with van der Waals surface area (Å²) in [5.41, 5.74) is 0.992. The molecule has 0 radical (unpaired) electrons. The number of hydrogen-bond acceptors (Lipinski definition) is 4. The molecule has 1 atom stereocenters. The van der Waals surface area contributed by atoms with E-state index < -0.39 is 0 Å². The molecule has 1 N–H and O–H groups in total. The number of nitrogens with zero attached hydrogens (tertiary/aromatic N) is 1. The van der Waals surface area contributed by atoms with E-state index in [-0.39, 0.29) is 17.8 Å². The van der Waals surface area contributed by atoms with Crippen molar-refractivity contribution in [2.45, 2.75) is 6.04 Å². The first-order valence-electron chi connectivity index (χ1n) is 7.74. The monoisotopic (exact) mass is 412 g/mol. The van der Waals surface area contributed by atoms with E-state index in [0.717, 1.165) is 22.4 Å². The highest BCUT2D eigenvalue weighted by Gasteiger charge is 2.23. The fourth-order valence-electron chi connectivity index (χ4n) is 2.74. The predicted molar refractivity (Wildman–Crippen MR) is 95.9 cm³/mol. The SMILES string of the molecule is O=C(NCC(c1ccc(F)cc1)N1CCOCC1)c1ccc(Br)s1. The number of nitrogens with one attached hydrogen (secondary N) is 1. The van der Waals surface area contributed by atoms with Crippen LogP contribution >= 0.6 is 27.3 Å². The largest absolute Gasteiger partial charge is 0.379 e. The standard InChI is InChI=1S/C17H18BrFN2O2S/c18-16-6-5-15(24-16)17(22)20-11-14(21-7-9-23-10-8-21)12-1-3-13(19)4-2-12/h1-6,14H,7-11H2,(H,20,22). The van der Waals surface area contributed by atoms with Crippen LogP contribution in [0.2, 0.25) is 0 Å². The number of carbonyl (C=O) groups excluding carboxylic acids is 1. The zero-order valence-electron chi connectivity index (χ0n) is 13.0. The van der Waals surface area contributed by atoms with E-state index in [4.69, 9.17) is 4.74 Å². The first kappa shape index (κ1) is 17.5. The smallest absolute Gasteiger partial charge is 0.261 e. The van der Waals surface area contributed by atoms with Crippen LogP contribution < -0.4 is 5.32 Å². The minimum Gasteiger partial charge on any atom is -0.379 e. The predicted octanol–water partition coefficient (Wildman–Crippen LogP) is 3.45. The summed E-state index contributed by atoms with van der Waals surface area (Å²) in [6.07, 6.45) is 0. The molecule has 0 aliphatic carbocycles. The van der Waals surface area contributed by atoms with Crippen LogP contribution in [0.5, 0.6) is 0 Å². The molecule has 128 valence electrons. The molecule has 4 nitrogen and oxygen atoms in total. The molecule has 1 aliphatic heterocycles. The van der Waals surface area contributed by atoms with Crippen LogP contribution in [0.25, 0.3) is 0 Å². The van der Waals surface area contributed by atoms with Gasteiger partial charge in [0.2, 0.25) is 0 Å². The Hall–Kier alpha value is -1.28. The van der Waals surface area contributed by atoms with E-state index in [2.05, 4.69) is 26.1 Å². The van der Waals surface area contributed by atoms with Crippen molar-refractivity contribution in [3.63, 3.8) is 0 Å². The van der Waals surface area contributed by atoms with Crippen LogP contribution in [-0.4, -0.2) is 43.7 Å². The number of ether oxygens (including phenoxy) is 1. The molecule has 1 unspecified atom stereocenters. The number of rotatable bonds is 5. The van der Waals surface area contributed by atoms with Crippen LogP contribution in [0.3, 0.4) is 0 Å². The van der Waals surface area contributed by atoms with Crippen molar-refractivity contribution in [3.8, 4) is 0 Å². The molecule has 1 aromatic heterocycles. The van der Waals surface area contributed by atoms with Gasteiger partial charge in [-0.05, 0) is 45.8 Å². The highest BCUT2D eigenvalue weighted by molar-refractivity contribution is 9.11. The summed E-state index contributed by atoms with van der Waals surface area (Å²) in [6.45, 7) is 3.40. The summed E-state index contributed by atoms with van der Waals surface area (Å²) in [6, 6.07) is 10.1. The lowest BCUT2D eigenvalue weighted by Gasteiger charge is -2.34. The van der Waals surface area contributed by atoms with E-state index in [1.165, 1.54) is 23.5 Å². The topological polar surface area (TPSA) is 41.6 Å². The summed E-state index contributed by atoms with van der Waals surface area (Å²) in [4.78, 5) is 15.2. The van der Waals surface area contributed by atoms with Gasteiger partial charge in [-0.2, -0.15) is 0 Å². The number of halogens is 2. The molecule has 3 rings (SSSR count). The second-order valence-corrected chi connectivity index (χ2v) is 7.99. The third-order valence-electron chi connectivity index (χ3n) is 3.99. The van der Waals surface area contributed by atoms with Gasteiger partial charge in [0.15, 0.2) is 0 Å². The van der Waals surface area contributed by atoms with Gasteiger partial charge >= 0.3 is 0 Å². The summed E-state index contributed by atoms with van der Waals surface area (Å²) >= 11 is 4.77. The van der Waals surface area contributed by atoms with E-state index in [9.17, 15) is 9.18 Å². The summed E-state index contributed by atoms with van der Waals surface area (Å²) in [7, 11) is 0. The van der Waals surface area contributed by atoms with E-state index in [1.54, 1.807) is 18.2 Å². The molecule has 1 saturated heterocycles. The van der Waals surface area contributed by atoms with E-state index in [1.807, 2.05) is 6.07 Å². The van der Waals surface area contributed by atoms with Gasteiger partial charge < -0.3 is 10.1 Å². The fourth-order valence-corrected chi connectivity index (χ4v) is 4.05. The highest BCUT2D eigenvalue weighted by Crippen LogP contribution is 2.24. The molecule has 0 saturated carbocycles. The molecule has 1 aromatic carbocycles. The number of benzene rings is 1. The van der Waals surface area contributed by atoms with Crippen molar-refractivity contribution >= 4 is 33.2 Å². The summed E-state index contributed by atoms with van der Waals surface area (Å²) in [5.74, 6) is -0.349. The van der Waals surface area contributed by atoms with Crippen LogP contribution in [-0.2, 0) is 4.74 Å². The average molecular weight is 413 g/mol. The number of thiophene rings is 1. The van der Waals surface area contributed by atoms with Crippen molar-refractivity contribution in [1.82, 2.24) is 10.2 Å². The molecular weight excluding hydrogens is 395 g/mol. The zero-order chi connectivity index (χ0) is 16.9. The first-order valence-corrected chi connectivity index (χ1v) is 9.35. The molecule has 1 amide bonds. The second-order valence-electron chi connectivity index (χ2n) is 5.53. The lowest BCUT2D eigenvalue weighted by molar-refractivity contribution is 0.0162. The maximum absolute atomic E-state index is 13.2. The molecule has 0 spiro atoms. The summed E-state index contributed by atoms with van der Waals surface area (Å²) < 4.78 is 19.6. The number of amides is 1. The van der Waals surface area contributed by atoms with Gasteiger partial charge in [-0.1, -0.05) is 12.1 Å². The van der Waals surface area contributed by atoms with Gasteiger partial charge in [0.1, 0.15) is 5.82 Å². The molecule has 1 fully saturated rings. The first-order chi connectivity index (χ1) is 11.6. The fraction of sp³-hybridized carbons (Fsp3) is 0.353. The number of morpholine rings is 1. The third-order valence-corrected chi connectivity index (χ3v) is 5.62. The van der Waals surface area contributed by atoms with Crippen molar-refractivity contribution in [2.24, 2.45) is 0 Å². The van der Waals surface area contributed by atoms with Crippen LogP contribution in [0.15, 0.2) is 40.2 Å². The van der Waals surface area contributed by atoms with Crippen molar-refractivity contribution in [3.05, 3.63) is 56.4 Å². The lowest BCUT2D eigenvalue weighted by atomic mass is 10.0. The minimum atomic E-state index is -0.257. The second kappa shape index (κ2) is 8.20. The van der Waals surface area contributed by atoms with Gasteiger partial charge in [-0.3, -0.25) is 9.69 Å². The molecule has 24 heavy (non-hydrogen) atoms. The Bertz CT molecular complexity index is 686. The number of hydrogen-bond donors (Lipinski definition) is 1. The normalized spacial score (nSPS) is 16.8. The van der Waals surface area contributed by atoms with Crippen LogP contribution in [0, 0.1) is 5.82 Å². The van der Waals surface area contributed by atoms with E-state index in [0.29, 0.717) is 24.6 Å². The van der Waals surface area contributed by atoms with Gasteiger partial charge in [-0.15, -0.1) is 11.3 Å². The van der Waals surface area contributed by atoms with Crippen LogP contribution in [0.4, 0.5) is 4.39 Å². The van der Waals surface area contributed by atoms with Gasteiger partial charge in [0.05, 0.1) is 27.9 Å². The van der Waals surface area contributed by atoms with Gasteiger partial charge in [0, 0.05) is 19.6 Å². The lowest BCUT2D eigenvalue weighted by Crippen LogP contribution is -2.43. The Labute approximate surface area is 152 Å². The van der Waals surface area contributed by atoms with Crippen molar-refractivity contribution in [2.75, 3.05) is 32.8 Å². The van der Waals surface area contributed by atoms with Crippen molar-refractivity contribution in [1.29, 1.82) is 0 Å². The molecule has 2 heterocycles. The maximum Gasteiger partial charge on any atom is 0.261 e. The molecule has 2 aromatic rings.